The summed E-state index contributed by atoms with van der Waals surface area (Å²) in [5, 5.41) is 16.5. The molecule has 0 saturated carbocycles. The van der Waals surface area contributed by atoms with Crippen LogP contribution in [-0.4, -0.2) is 22.7 Å². The van der Waals surface area contributed by atoms with Crippen molar-refractivity contribution in [3.8, 4) is 0 Å². The third kappa shape index (κ3) is 1.62. The van der Waals surface area contributed by atoms with Crippen LogP contribution in [0.25, 0.3) is 0 Å². The molecule has 0 aromatic heterocycles. The molecule has 0 saturated heterocycles. The summed E-state index contributed by atoms with van der Waals surface area (Å²) in [6.45, 7) is 3.68. The van der Waals surface area contributed by atoms with Gasteiger partial charge in [0, 0.05) is 6.42 Å². The fraction of sp³-hybridized carbons (Fsp3) is 0.875. The fourth-order valence-corrected chi connectivity index (χ4v) is 1.37. The van der Waals surface area contributed by atoms with E-state index in [1.54, 1.807) is 6.92 Å². The van der Waals surface area contributed by atoms with Crippen LogP contribution in [0.1, 0.15) is 33.1 Å². The van der Waals surface area contributed by atoms with Gasteiger partial charge in [0.2, 0.25) is 0 Å². The average Bonchev–Trinajstić information content (AvgIpc) is 2.34. The predicted octanol–water partition coefficient (Wildman–Crippen LogP) is 1.85. The van der Waals surface area contributed by atoms with Gasteiger partial charge in [0.1, 0.15) is 0 Å². The Hall–Kier alpha value is -0.930. The minimum atomic E-state index is -0.958. The minimum Gasteiger partial charge on any atom is -0.479 e. The van der Waals surface area contributed by atoms with Crippen LogP contribution in [0.5, 0.6) is 0 Å². The van der Waals surface area contributed by atoms with Gasteiger partial charge in [-0.3, -0.25) is 0 Å². The number of hydrogen-bond donors (Lipinski definition) is 1. The standard InChI is InChI=1S/C8H14N2O2/c1-3-4-6-5-8(2,7(11)12)10-9-6/h6H,3-5H2,1-2H3,(H,11,12). The largest absolute Gasteiger partial charge is 0.479 e. The van der Waals surface area contributed by atoms with Crippen LogP contribution in [-0.2, 0) is 4.79 Å². The molecule has 1 rings (SSSR count). The number of carboxylic acid groups (broad SMARTS) is 1. The lowest BCUT2D eigenvalue weighted by Gasteiger charge is -2.13. The highest BCUT2D eigenvalue weighted by molar-refractivity contribution is 5.78. The van der Waals surface area contributed by atoms with Gasteiger partial charge in [0.15, 0.2) is 5.54 Å². The fourth-order valence-electron chi connectivity index (χ4n) is 1.37. The van der Waals surface area contributed by atoms with Crippen LogP contribution in [0.15, 0.2) is 10.2 Å². The molecule has 1 N–H and O–H groups in total. The van der Waals surface area contributed by atoms with Crippen LogP contribution < -0.4 is 0 Å². The first-order chi connectivity index (χ1) is 5.58. The molecule has 0 fully saturated rings. The summed E-state index contributed by atoms with van der Waals surface area (Å²) in [6, 6.07) is 0.121. The first kappa shape index (κ1) is 9.16. The summed E-state index contributed by atoms with van der Waals surface area (Å²) < 4.78 is 0. The molecule has 1 aliphatic heterocycles. The molecule has 0 spiro atoms. The Balaban J connectivity index is 2.57. The second kappa shape index (κ2) is 3.21. The first-order valence-corrected chi connectivity index (χ1v) is 4.24. The maximum atomic E-state index is 10.7. The lowest BCUT2D eigenvalue weighted by Crippen LogP contribution is -2.32. The van der Waals surface area contributed by atoms with E-state index in [4.69, 9.17) is 5.11 Å². The van der Waals surface area contributed by atoms with Gasteiger partial charge in [-0.15, -0.1) is 0 Å². The monoisotopic (exact) mass is 170 g/mol. The third-order valence-electron chi connectivity index (χ3n) is 2.16. The summed E-state index contributed by atoms with van der Waals surface area (Å²) in [5.41, 5.74) is -0.958. The van der Waals surface area contributed by atoms with Gasteiger partial charge in [-0.05, 0) is 13.3 Å². The zero-order valence-electron chi connectivity index (χ0n) is 7.45. The maximum Gasteiger partial charge on any atom is 0.333 e. The van der Waals surface area contributed by atoms with E-state index in [0.717, 1.165) is 12.8 Å². The first-order valence-electron chi connectivity index (χ1n) is 4.24. The Bertz CT molecular complexity index is 215. The van der Waals surface area contributed by atoms with E-state index in [9.17, 15) is 4.79 Å². The summed E-state index contributed by atoms with van der Waals surface area (Å²) in [5.74, 6) is -0.871. The molecule has 0 radical (unpaired) electrons. The SMILES string of the molecule is CCCC1CC(C)(C(=O)O)N=N1. The zero-order chi connectivity index (χ0) is 9.19. The molecule has 0 bridgehead atoms. The molecule has 2 atom stereocenters. The average molecular weight is 170 g/mol. The van der Waals surface area contributed by atoms with E-state index < -0.39 is 11.5 Å². The topological polar surface area (TPSA) is 62.0 Å². The summed E-state index contributed by atoms with van der Waals surface area (Å²) >= 11 is 0. The van der Waals surface area contributed by atoms with Crippen molar-refractivity contribution in [3.63, 3.8) is 0 Å². The van der Waals surface area contributed by atoms with Crippen molar-refractivity contribution in [1.82, 2.24) is 0 Å². The molecular weight excluding hydrogens is 156 g/mol. The second-order valence-corrected chi connectivity index (χ2v) is 3.44. The Morgan fingerprint density at radius 3 is 2.83 bits per heavy atom. The molecule has 68 valence electrons. The van der Waals surface area contributed by atoms with Crippen LogP contribution in [0.2, 0.25) is 0 Å². The molecule has 0 aromatic carbocycles. The molecule has 4 nitrogen and oxygen atoms in total. The van der Waals surface area contributed by atoms with Crippen molar-refractivity contribution in [1.29, 1.82) is 0 Å². The molecule has 0 aliphatic carbocycles. The van der Waals surface area contributed by atoms with Crippen molar-refractivity contribution >= 4 is 5.97 Å². The van der Waals surface area contributed by atoms with Gasteiger partial charge < -0.3 is 5.11 Å². The number of carboxylic acids is 1. The van der Waals surface area contributed by atoms with Crippen LogP contribution in [0, 0.1) is 0 Å². The van der Waals surface area contributed by atoms with E-state index in [1.165, 1.54) is 0 Å². The molecule has 0 amide bonds. The van der Waals surface area contributed by atoms with E-state index in [1.807, 2.05) is 0 Å². The van der Waals surface area contributed by atoms with Crippen molar-refractivity contribution < 1.29 is 9.90 Å². The van der Waals surface area contributed by atoms with E-state index in [0.29, 0.717) is 6.42 Å². The lowest BCUT2D eigenvalue weighted by atomic mass is 9.94. The highest BCUT2D eigenvalue weighted by atomic mass is 16.4. The zero-order valence-corrected chi connectivity index (χ0v) is 7.45. The van der Waals surface area contributed by atoms with Crippen molar-refractivity contribution in [2.75, 3.05) is 0 Å². The van der Waals surface area contributed by atoms with Gasteiger partial charge in [0.25, 0.3) is 0 Å². The van der Waals surface area contributed by atoms with Gasteiger partial charge in [-0.1, -0.05) is 13.3 Å². The number of nitrogens with zero attached hydrogens (tertiary/aromatic N) is 2. The van der Waals surface area contributed by atoms with Crippen molar-refractivity contribution in [2.24, 2.45) is 10.2 Å². The normalized spacial score (nSPS) is 34.0. The van der Waals surface area contributed by atoms with Crippen molar-refractivity contribution in [2.45, 2.75) is 44.7 Å². The molecule has 1 heterocycles. The molecular formula is C8H14N2O2. The highest BCUT2D eigenvalue weighted by Gasteiger charge is 2.40. The van der Waals surface area contributed by atoms with E-state index in [-0.39, 0.29) is 6.04 Å². The molecule has 0 aromatic rings. The van der Waals surface area contributed by atoms with Crippen LogP contribution >= 0.6 is 0 Å². The number of azo groups is 1. The van der Waals surface area contributed by atoms with Crippen LogP contribution in [0.3, 0.4) is 0 Å². The Labute approximate surface area is 71.7 Å². The van der Waals surface area contributed by atoms with E-state index in [2.05, 4.69) is 17.2 Å². The number of carbonyl (C=O) groups is 1. The Morgan fingerprint density at radius 2 is 2.42 bits per heavy atom. The number of aliphatic carboxylic acids is 1. The van der Waals surface area contributed by atoms with Gasteiger partial charge in [-0.2, -0.15) is 10.2 Å². The summed E-state index contributed by atoms with van der Waals surface area (Å²) in [6.07, 6.45) is 2.52. The van der Waals surface area contributed by atoms with Gasteiger partial charge >= 0.3 is 5.97 Å². The number of rotatable bonds is 3. The maximum absolute atomic E-state index is 10.7. The van der Waals surface area contributed by atoms with E-state index >= 15 is 0 Å². The predicted molar refractivity (Wildman–Crippen MR) is 44.2 cm³/mol. The second-order valence-electron chi connectivity index (χ2n) is 3.44. The summed E-state index contributed by atoms with van der Waals surface area (Å²) in [7, 11) is 0. The quantitative estimate of drug-likeness (QED) is 0.702. The van der Waals surface area contributed by atoms with Crippen molar-refractivity contribution in [3.05, 3.63) is 0 Å². The molecule has 12 heavy (non-hydrogen) atoms. The minimum absolute atomic E-state index is 0.121. The molecule has 1 aliphatic rings. The van der Waals surface area contributed by atoms with Gasteiger partial charge in [-0.25, -0.2) is 4.79 Å². The van der Waals surface area contributed by atoms with Gasteiger partial charge in [0.05, 0.1) is 6.04 Å². The Kier molecular flexibility index (Phi) is 2.45. The Morgan fingerprint density at radius 1 is 1.75 bits per heavy atom. The highest BCUT2D eigenvalue weighted by Crippen LogP contribution is 2.29. The molecule has 2 unspecified atom stereocenters. The number of hydrogen-bond acceptors (Lipinski definition) is 3. The summed E-state index contributed by atoms with van der Waals surface area (Å²) in [4.78, 5) is 10.7. The smallest absolute Gasteiger partial charge is 0.333 e. The van der Waals surface area contributed by atoms with Crippen LogP contribution in [0.4, 0.5) is 0 Å². The molecule has 4 heteroatoms. The lowest BCUT2D eigenvalue weighted by molar-refractivity contribution is -0.142. The third-order valence-corrected chi connectivity index (χ3v) is 2.16.